The summed E-state index contributed by atoms with van der Waals surface area (Å²) in [4.78, 5) is 13.8. The molecule has 1 aliphatic heterocycles. The van der Waals surface area contributed by atoms with Crippen LogP contribution < -0.4 is 0 Å². The first-order valence-corrected chi connectivity index (χ1v) is 6.85. The monoisotopic (exact) mass is 279 g/mol. The van der Waals surface area contributed by atoms with E-state index in [-0.39, 0.29) is 17.9 Å². The zero-order chi connectivity index (χ0) is 13.8. The SMILES string of the molecule is CC1CN(C(=O)/C=C/c2ccccc2Cl)CCC1O. The fourth-order valence-corrected chi connectivity index (χ4v) is 2.41. The van der Waals surface area contributed by atoms with Crippen LogP contribution >= 0.6 is 11.6 Å². The molecule has 0 aromatic heterocycles. The van der Waals surface area contributed by atoms with E-state index >= 15 is 0 Å². The maximum Gasteiger partial charge on any atom is 0.246 e. The first-order valence-electron chi connectivity index (χ1n) is 6.47. The number of rotatable bonds is 2. The van der Waals surface area contributed by atoms with Crippen LogP contribution in [0, 0.1) is 5.92 Å². The molecule has 19 heavy (non-hydrogen) atoms. The highest BCUT2D eigenvalue weighted by Gasteiger charge is 2.25. The second kappa shape index (κ2) is 6.22. The van der Waals surface area contributed by atoms with Crippen molar-refractivity contribution < 1.29 is 9.90 Å². The molecule has 1 aromatic rings. The Hall–Kier alpha value is -1.32. The first kappa shape index (κ1) is 14.1. The van der Waals surface area contributed by atoms with Crippen LogP contribution in [0.25, 0.3) is 6.08 Å². The number of piperidine rings is 1. The van der Waals surface area contributed by atoms with Gasteiger partial charge >= 0.3 is 0 Å². The van der Waals surface area contributed by atoms with Crippen molar-refractivity contribution in [2.24, 2.45) is 5.92 Å². The highest BCUT2D eigenvalue weighted by Crippen LogP contribution is 2.19. The van der Waals surface area contributed by atoms with Crippen LogP contribution in [0.1, 0.15) is 18.9 Å². The number of hydrogen-bond donors (Lipinski definition) is 1. The predicted molar refractivity (Wildman–Crippen MR) is 76.9 cm³/mol. The van der Waals surface area contributed by atoms with Crippen LogP contribution in [0.5, 0.6) is 0 Å². The van der Waals surface area contributed by atoms with E-state index in [0.29, 0.717) is 24.5 Å². The minimum Gasteiger partial charge on any atom is -0.393 e. The maximum absolute atomic E-state index is 12.0. The summed E-state index contributed by atoms with van der Waals surface area (Å²) < 4.78 is 0. The number of benzene rings is 1. The molecule has 2 rings (SSSR count). The fraction of sp³-hybridized carbons (Fsp3) is 0.400. The van der Waals surface area contributed by atoms with Crippen LogP contribution in [0.4, 0.5) is 0 Å². The number of likely N-dealkylation sites (tertiary alicyclic amines) is 1. The highest BCUT2D eigenvalue weighted by atomic mass is 35.5. The Labute approximate surface area is 118 Å². The topological polar surface area (TPSA) is 40.5 Å². The smallest absolute Gasteiger partial charge is 0.246 e. The summed E-state index contributed by atoms with van der Waals surface area (Å²) in [5, 5.41) is 10.3. The molecular formula is C15H18ClNO2. The molecule has 1 amide bonds. The van der Waals surface area contributed by atoms with E-state index < -0.39 is 0 Å². The zero-order valence-corrected chi connectivity index (χ0v) is 11.7. The van der Waals surface area contributed by atoms with E-state index in [1.165, 1.54) is 0 Å². The van der Waals surface area contributed by atoms with Gasteiger partial charge in [0, 0.05) is 24.2 Å². The van der Waals surface area contributed by atoms with Crippen LogP contribution in [-0.2, 0) is 4.79 Å². The van der Waals surface area contributed by atoms with E-state index in [9.17, 15) is 9.90 Å². The standard InChI is InChI=1S/C15H18ClNO2/c1-11-10-17(9-8-14(11)18)15(19)7-6-12-4-2-3-5-13(12)16/h2-7,11,14,18H,8-10H2,1H3/b7-6+. The molecule has 1 saturated heterocycles. The lowest BCUT2D eigenvalue weighted by atomic mass is 9.97. The third-order valence-corrected chi connectivity index (χ3v) is 3.83. The van der Waals surface area contributed by atoms with Crippen molar-refractivity contribution in [1.82, 2.24) is 4.90 Å². The van der Waals surface area contributed by atoms with Crippen LogP contribution in [0.3, 0.4) is 0 Å². The van der Waals surface area contributed by atoms with Crippen LogP contribution in [0.2, 0.25) is 5.02 Å². The zero-order valence-electron chi connectivity index (χ0n) is 10.9. The molecule has 1 heterocycles. The summed E-state index contributed by atoms with van der Waals surface area (Å²) >= 11 is 6.03. The van der Waals surface area contributed by atoms with Gasteiger partial charge in [-0.05, 0) is 30.0 Å². The Balaban J connectivity index is 2.00. The van der Waals surface area contributed by atoms with Crippen molar-refractivity contribution in [3.63, 3.8) is 0 Å². The number of halogens is 1. The van der Waals surface area contributed by atoms with Gasteiger partial charge in [0.05, 0.1) is 6.10 Å². The van der Waals surface area contributed by atoms with E-state index in [4.69, 9.17) is 11.6 Å². The molecule has 1 fully saturated rings. The lowest BCUT2D eigenvalue weighted by molar-refractivity contribution is -0.129. The number of hydrogen-bond acceptors (Lipinski definition) is 2. The van der Waals surface area contributed by atoms with Crippen molar-refractivity contribution >= 4 is 23.6 Å². The van der Waals surface area contributed by atoms with Crippen molar-refractivity contribution in [3.05, 3.63) is 40.9 Å². The van der Waals surface area contributed by atoms with Crippen molar-refractivity contribution in [3.8, 4) is 0 Å². The largest absolute Gasteiger partial charge is 0.393 e. The number of amides is 1. The number of carbonyl (C=O) groups excluding carboxylic acids is 1. The van der Waals surface area contributed by atoms with Crippen molar-refractivity contribution in [2.45, 2.75) is 19.4 Å². The maximum atomic E-state index is 12.0. The molecule has 4 heteroatoms. The van der Waals surface area contributed by atoms with Crippen molar-refractivity contribution in [2.75, 3.05) is 13.1 Å². The third kappa shape index (κ3) is 3.58. The number of nitrogens with zero attached hydrogens (tertiary/aromatic N) is 1. The lowest BCUT2D eigenvalue weighted by Gasteiger charge is -2.33. The summed E-state index contributed by atoms with van der Waals surface area (Å²) in [6.07, 6.45) is 3.63. The number of aliphatic hydroxyl groups excluding tert-OH is 1. The summed E-state index contributed by atoms with van der Waals surface area (Å²) in [5.41, 5.74) is 0.836. The molecule has 0 saturated carbocycles. The first-order chi connectivity index (χ1) is 9.08. The van der Waals surface area contributed by atoms with Gasteiger partial charge in [-0.3, -0.25) is 4.79 Å². The van der Waals surface area contributed by atoms with Gasteiger partial charge in [0.1, 0.15) is 0 Å². The Morgan fingerprint density at radius 3 is 2.89 bits per heavy atom. The molecule has 3 nitrogen and oxygen atoms in total. The van der Waals surface area contributed by atoms with E-state index in [0.717, 1.165) is 5.56 Å². The van der Waals surface area contributed by atoms with E-state index in [1.807, 2.05) is 25.1 Å². The van der Waals surface area contributed by atoms with E-state index in [2.05, 4.69) is 0 Å². The summed E-state index contributed by atoms with van der Waals surface area (Å²) in [7, 11) is 0. The predicted octanol–water partition coefficient (Wildman–Crippen LogP) is 2.58. The molecule has 0 aliphatic carbocycles. The molecule has 0 spiro atoms. The Kier molecular flexibility index (Phi) is 4.61. The lowest BCUT2D eigenvalue weighted by Crippen LogP contribution is -2.44. The molecule has 102 valence electrons. The minimum atomic E-state index is -0.295. The molecule has 0 bridgehead atoms. The van der Waals surface area contributed by atoms with Gasteiger partial charge < -0.3 is 10.0 Å². The molecule has 2 atom stereocenters. The summed E-state index contributed by atoms with van der Waals surface area (Å²) in [5.74, 6) is 0.102. The average molecular weight is 280 g/mol. The van der Waals surface area contributed by atoms with Gasteiger partial charge in [0.25, 0.3) is 0 Å². The molecule has 1 aliphatic rings. The molecule has 0 radical (unpaired) electrons. The van der Waals surface area contributed by atoms with Gasteiger partial charge in [-0.25, -0.2) is 0 Å². The normalized spacial score (nSPS) is 23.8. The Bertz CT molecular complexity index is 487. The van der Waals surface area contributed by atoms with Gasteiger partial charge in [0.15, 0.2) is 0 Å². The Morgan fingerprint density at radius 1 is 1.47 bits per heavy atom. The highest BCUT2D eigenvalue weighted by molar-refractivity contribution is 6.32. The fourth-order valence-electron chi connectivity index (χ4n) is 2.21. The summed E-state index contributed by atoms with van der Waals surface area (Å²) in [6, 6.07) is 7.41. The van der Waals surface area contributed by atoms with Gasteiger partial charge in [0.2, 0.25) is 5.91 Å². The second-order valence-electron chi connectivity index (χ2n) is 4.97. The molecular weight excluding hydrogens is 262 g/mol. The van der Waals surface area contributed by atoms with Gasteiger partial charge in [-0.1, -0.05) is 36.7 Å². The third-order valence-electron chi connectivity index (χ3n) is 3.48. The van der Waals surface area contributed by atoms with Crippen LogP contribution in [0.15, 0.2) is 30.3 Å². The number of carbonyl (C=O) groups is 1. The minimum absolute atomic E-state index is 0.0290. The summed E-state index contributed by atoms with van der Waals surface area (Å²) in [6.45, 7) is 3.17. The second-order valence-corrected chi connectivity index (χ2v) is 5.38. The van der Waals surface area contributed by atoms with Crippen LogP contribution in [-0.4, -0.2) is 35.1 Å². The van der Waals surface area contributed by atoms with E-state index in [1.54, 1.807) is 23.1 Å². The molecule has 1 N–H and O–H groups in total. The average Bonchev–Trinajstić information content (AvgIpc) is 2.40. The van der Waals surface area contributed by atoms with Gasteiger partial charge in [-0.15, -0.1) is 0 Å². The Morgan fingerprint density at radius 2 is 2.21 bits per heavy atom. The van der Waals surface area contributed by atoms with Crippen molar-refractivity contribution in [1.29, 1.82) is 0 Å². The molecule has 1 aromatic carbocycles. The number of aliphatic hydroxyl groups is 1. The van der Waals surface area contributed by atoms with Gasteiger partial charge in [-0.2, -0.15) is 0 Å². The molecule has 2 unspecified atom stereocenters. The quantitative estimate of drug-likeness (QED) is 0.846.